The fourth-order valence-electron chi connectivity index (χ4n) is 1.14. The molecule has 0 radical (unpaired) electrons. The summed E-state index contributed by atoms with van der Waals surface area (Å²) in [7, 11) is 0. The largest absolute Gasteiger partial charge is 0.454 e. The monoisotopic (exact) mass is 190 g/mol. The lowest BCUT2D eigenvalue weighted by Gasteiger charge is -2.22. The van der Waals surface area contributed by atoms with E-state index in [1.165, 1.54) is 6.42 Å². The minimum Gasteiger partial charge on any atom is -0.454 e. The first kappa shape index (κ1) is 9.87. The Kier molecular flexibility index (Phi) is 4.48. The molecule has 0 aliphatic carbocycles. The van der Waals surface area contributed by atoms with E-state index in [1.807, 2.05) is 13.0 Å². The molecule has 1 unspecified atom stereocenters. The lowest BCUT2D eigenvalue weighted by molar-refractivity contribution is -0.133. The van der Waals surface area contributed by atoms with Crippen LogP contribution in [0, 0.1) is 0 Å². The summed E-state index contributed by atoms with van der Waals surface area (Å²) >= 11 is 5.77. The van der Waals surface area contributed by atoms with Gasteiger partial charge < -0.3 is 9.47 Å². The first-order valence-electron chi connectivity index (χ1n) is 4.47. The highest BCUT2D eigenvalue weighted by Crippen LogP contribution is 2.18. The van der Waals surface area contributed by atoms with Crippen molar-refractivity contribution in [3.63, 3.8) is 0 Å². The van der Waals surface area contributed by atoms with Crippen LogP contribution >= 0.6 is 11.6 Å². The Labute approximate surface area is 78.5 Å². The van der Waals surface area contributed by atoms with Gasteiger partial charge >= 0.3 is 0 Å². The summed E-state index contributed by atoms with van der Waals surface area (Å²) in [5, 5.41) is 0.462. The molecule has 2 nitrogen and oxygen atoms in total. The van der Waals surface area contributed by atoms with Gasteiger partial charge in [0.25, 0.3) is 0 Å². The fraction of sp³-hybridized carbons (Fsp3) is 0.778. The van der Waals surface area contributed by atoms with E-state index < -0.39 is 0 Å². The highest BCUT2D eigenvalue weighted by atomic mass is 35.5. The number of ether oxygens (including phenoxy) is 2. The third-order valence-corrected chi connectivity index (χ3v) is 1.99. The van der Waals surface area contributed by atoms with Crippen LogP contribution in [0.5, 0.6) is 0 Å². The second kappa shape index (κ2) is 5.44. The van der Waals surface area contributed by atoms with Crippen LogP contribution in [-0.2, 0) is 9.47 Å². The van der Waals surface area contributed by atoms with Crippen molar-refractivity contribution in [3.05, 3.63) is 11.3 Å². The van der Waals surface area contributed by atoms with E-state index in [4.69, 9.17) is 21.1 Å². The summed E-state index contributed by atoms with van der Waals surface area (Å²) in [6.07, 6.45) is 5.88. The topological polar surface area (TPSA) is 18.5 Å². The molecule has 12 heavy (non-hydrogen) atoms. The Morgan fingerprint density at radius 3 is 3.08 bits per heavy atom. The summed E-state index contributed by atoms with van der Waals surface area (Å²) in [6.45, 7) is 2.81. The predicted octanol–water partition coefficient (Wildman–Crippen LogP) is 3.02. The molecular formula is C9H15ClO2. The van der Waals surface area contributed by atoms with Gasteiger partial charge in [-0.05, 0) is 36.9 Å². The molecule has 0 N–H and O–H groups in total. The molecule has 1 saturated heterocycles. The van der Waals surface area contributed by atoms with Crippen molar-refractivity contribution in [2.24, 2.45) is 0 Å². The van der Waals surface area contributed by atoms with Gasteiger partial charge in [0.15, 0.2) is 5.22 Å². The molecule has 0 amide bonds. The Balaban J connectivity index is 2.24. The van der Waals surface area contributed by atoms with Crippen LogP contribution in [0.4, 0.5) is 0 Å². The van der Waals surface area contributed by atoms with Crippen molar-refractivity contribution in [1.82, 2.24) is 0 Å². The molecule has 0 aromatic carbocycles. The van der Waals surface area contributed by atoms with Crippen LogP contribution in [0.15, 0.2) is 11.3 Å². The third-order valence-electron chi connectivity index (χ3n) is 1.75. The van der Waals surface area contributed by atoms with Gasteiger partial charge in [-0.1, -0.05) is 6.92 Å². The highest BCUT2D eigenvalue weighted by Gasteiger charge is 2.14. The van der Waals surface area contributed by atoms with Crippen LogP contribution in [0.2, 0.25) is 0 Å². The molecule has 3 heteroatoms. The molecule has 1 heterocycles. The van der Waals surface area contributed by atoms with Gasteiger partial charge in [-0.15, -0.1) is 0 Å². The van der Waals surface area contributed by atoms with Crippen molar-refractivity contribution in [2.75, 3.05) is 6.61 Å². The molecule has 0 bridgehead atoms. The first-order chi connectivity index (χ1) is 5.83. The number of allylic oxidation sites excluding steroid dienone is 1. The molecule has 70 valence electrons. The SMILES string of the molecule is CCC=C(Cl)OC1CCCCO1. The quantitative estimate of drug-likeness (QED) is 0.637. The van der Waals surface area contributed by atoms with Gasteiger partial charge in [-0.25, -0.2) is 0 Å². The molecule has 0 aromatic heterocycles. The van der Waals surface area contributed by atoms with Crippen LogP contribution in [0.25, 0.3) is 0 Å². The van der Waals surface area contributed by atoms with Gasteiger partial charge in [0.2, 0.25) is 6.29 Å². The van der Waals surface area contributed by atoms with Crippen LogP contribution in [0.3, 0.4) is 0 Å². The molecular weight excluding hydrogens is 176 g/mol. The van der Waals surface area contributed by atoms with Gasteiger partial charge in [0, 0.05) is 6.42 Å². The number of rotatable bonds is 3. The third kappa shape index (κ3) is 3.46. The van der Waals surface area contributed by atoms with Crippen LogP contribution in [0.1, 0.15) is 32.6 Å². The van der Waals surface area contributed by atoms with E-state index in [0.29, 0.717) is 5.22 Å². The molecule has 0 saturated carbocycles. The first-order valence-corrected chi connectivity index (χ1v) is 4.84. The molecule has 1 aliphatic rings. The van der Waals surface area contributed by atoms with E-state index in [9.17, 15) is 0 Å². The average molecular weight is 191 g/mol. The smallest absolute Gasteiger partial charge is 0.200 e. The van der Waals surface area contributed by atoms with Crippen LogP contribution < -0.4 is 0 Å². The summed E-state index contributed by atoms with van der Waals surface area (Å²) in [6, 6.07) is 0. The van der Waals surface area contributed by atoms with Crippen molar-refractivity contribution in [2.45, 2.75) is 38.9 Å². The molecule has 0 aromatic rings. The van der Waals surface area contributed by atoms with E-state index in [1.54, 1.807) is 0 Å². The van der Waals surface area contributed by atoms with Crippen molar-refractivity contribution in [3.8, 4) is 0 Å². The van der Waals surface area contributed by atoms with Gasteiger partial charge in [-0.3, -0.25) is 0 Å². The molecule has 0 spiro atoms. The molecule has 1 atom stereocenters. The number of hydrogen-bond donors (Lipinski definition) is 0. The van der Waals surface area contributed by atoms with E-state index in [2.05, 4.69) is 0 Å². The maximum atomic E-state index is 5.77. The minimum atomic E-state index is -0.117. The van der Waals surface area contributed by atoms with E-state index in [-0.39, 0.29) is 6.29 Å². The Bertz CT molecular complexity index is 151. The minimum absolute atomic E-state index is 0.117. The normalized spacial score (nSPS) is 25.5. The second-order valence-electron chi connectivity index (χ2n) is 2.83. The van der Waals surface area contributed by atoms with E-state index >= 15 is 0 Å². The summed E-state index contributed by atoms with van der Waals surface area (Å²) in [5.41, 5.74) is 0. The Morgan fingerprint density at radius 2 is 2.50 bits per heavy atom. The van der Waals surface area contributed by atoms with Gasteiger partial charge in [-0.2, -0.15) is 0 Å². The van der Waals surface area contributed by atoms with Crippen molar-refractivity contribution >= 4 is 11.6 Å². The zero-order valence-corrected chi connectivity index (χ0v) is 8.14. The fourth-order valence-corrected chi connectivity index (χ4v) is 1.39. The van der Waals surface area contributed by atoms with Gasteiger partial charge in [0.05, 0.1) is 6.61 Å². The lowest BCUT2D eigenvalue weighted by atomic mass is 10.2. The number of halogens is 1. The van der Waals surface area contributed by atoms with E-state index in [0.717, 1.165) is 25.9 Å². The number of hydrogen-bond acceptors (Lipinski definition) is 2. The molecule has 1 aliphatic heterocycles. The Hall–Kier alpha value is -0.210. The van der Waals surface area contributed by atoms with Crippen molar-refractivity contribution in [1.29, 1.82) is 0 Å². The van der Waals surface area contributed by atoms with Gasteiger partial charge in [0.1, 0.15) is 0 Å². The summed E-state index contributed by atoms with van der Waals surface area (Å²) in [5.74, 6) is 0. The Morgan fingerprint density at radius 1 is 1.67 bits per heavy atom. The summed E-state index contributed by atoms with van der Waals surface area (Å²) in [4.78, 5) is 0. The zero-order valence-electron chi connectivity index (χ0n) is 7.38. The molecule has 1 fully saturated rings. The van der Waals surface area contributed by atoms with Crippen molar-refractivity contribution < 1.29 is 9.47 Å². The lowest BCUT2D eigenvalue weighted by Crippen LogP contribution is -2.21. The zero-order chi connectivity index (χ0) is 8.81. The maximum absolute atomic E-state index is 5.77. The average Bonchev–Trinajstić information content (AvgIpc) is 2.06. The summed E-state index contributed by atoms with van der Waals surface area (Å²) < 4.78 is 10.7. The standard InChI is InChI=1S/C9H15ClO2/c1-2-5-8(10)12-9-6-3-4-7-11-9/h5,9H,2-4,6-7H2,1H3. The maximum Gasteiger partial charge on any atom is 0.200 e. The molecule has 1 rings (SSSR count). The van der Waals surface area contributed by atoms with Crippen LogP contribution in [-0.4, -0.2) is 12.9 Å². The predicted molar refractivity (Wildman–Crippen MR) is 48.9 cm³/mol. The highest BCUT2D eigenvalue weighted by molar-refractivity contribution is 6.28. The second-order valence-corrected chi connectivity index (χ2v) is 3.20.